The van der Waals surface area contributed by atoms with Gasteiger partial charge in [0.1, 0.15) is 24.2 Å². The number of fused-ring (bicyclic) bond motifs is 1. The normalized spacial score (nSPS) is 12.6. The van der Waals surface area contributed by atoms with E-state index in [0.29, 0.717) is 12.4 Å². The fourth-order valence-electron chi connectivity index (χ4n) is 3.76. The third kappa shape index (κ3) is 6.12. The van der Waals surface area contributed by atoms with Crippen LogP contribution in [0, 0.1) is 6.92 Å². The quantitative estimate of drug-likeness (QED) is 0.320. The lowest BCUT2D eigenvalue weighted by Crippen LogP contribution is -2.46. The van der Waals surface area contributed by atoms with E-state index in [4.69, 9.17) is 9.47 Å². The Labute approximate surface area is 194 Å². The van der Waals surface area contributed by atoms with Crippen molar-refractivity contribution >= 4 is 10.9 Å². The van der Waals surface area contributed by atoms with Gasteiger partial charge in [-0.3, -0.25) is 0 Å². The molecule has 0 spiro atoms. The fourth-order valence-corrected chi connectivity index (χ4v) is 3.76. The van der Waals surface area contributed by atoms with E-state index in [1.54, 1.807) is 6.20 Å². The SMILES string of the molecule is Cc1cccnc1Oc1ccc(CC(C)(C)NC[C@H](O)COc2cccc3[nH]ccc23)cc1. The Balaban J connectivity index is 1.26. The molecule has 0 radical (unpaired) electrons. The zero-order valence-corrected chi connectivity index (χ0v) is 19.3. The number of benzene rings is 2. The van der Waals surface area contributed by atoms with Crippen molar-refractivity contribution < 1.29 is 14.6 Å². The zero-order chi connectivity index (χ0) is 23.3. The topological polar surface area (TPSA) is 79.4 Å². The number of H-pyrrole nitrogens is 1. The standard InChI is InChI=1S/C27H31N3O3/c1-19-6-5-14-29-26(19)33-22-11-9-20(10-12-22)16-27(2,3)30-17-21(31)18-32-25-8-4-7-24-23(25)13-15-28-24/h4-15,21,28,30-31H,16-18H2,1-3H3/t21-/m0/s1. The van der Waals surface area contributed by atoms with Gasteiger partial charge in [0.15, 0.2) is 0 Å². The first-order chi connectivity index (χ1) is 15.9. The third-order valence-electron chi connectivity index (χ3n) is 5.55. The van der Waals surface area contributed by atoms with Crippen molar-refractivity contribution in [1.29, 1.82) is 0 Å². The largest absolute Gasteiger partial charge is 0.490 e. The first-order valence-electron chi connectivity index (χ1n) is 11.2. The van der Waals surface area contributed by atoms with E-state index in [0.717, 1.165) is 34.4 Å². The minimum Gasteiger partial charge on any atom is -0.490 e. The van der Waals surface area contributed by atoms with Gasteiger partial charge in [-0.1, -0.05) is 24.3 Å². The van der Waals surface area contributed by atoms with Crippen LogP contribution in [0.4, 0.5) is 0 Å². The average Bonchev–Trinajstić information content (AvgIpc) is 3.29. The van der Waals surface area contributed by atoms with Crippen LogP contribution >= 0.6 is 0 Å². The van der Waals surface area contributed by atoms with E-state index in [2.05, 4.69) is 41.3 Å². The van der Waals surface area contributed by atoms with E-state index < -0.39 is 6.10 Å². The molecule has 3 N–H and O–H groups in total. The maximum absolute atomic E-state index is 10.4. The van der Waals surface area contributed by atoms with E-state index in [9.17, 15) is 5.11 Å². The van der Waals surface area contributed by atoms with Gasteiger partial charge in [0.2, 0.25) is 5.88 Å². The molecule has 4 aromatic rings. The number of aromatic nitrogens is 2. The maximum Gasteiger partial charge on any atom is 0.222 e. The molecule has 0 amide bonds. The van der Waals surface area contributed by atoms with Gasteiger partial charge in [-0.25, -0.2) is 4.98 Å². The molecule has 172 valence electrons. The van der Waals surface area contributed by atoms with Crippen LogP contribution < -0.4 is 14.8 Å². The molecule has 0 aliphatic heterocycles. The molecule has 0 aliphatic carbocycles. The van der Waals surface area contributed by atoms with Crippen molar-refractivity contribution in [2.24, 2.45) is 0 Å². The van der Waals surface area contributed by atoms with Crippen LogP contribution in [0.3, 0.4) is 0 Å². The number of aliphatic hydroxyl groups excluding tert-OH is 1. The highest BCUT2D eigenvalue weighted by atomic mass is 16.5. The Hall–Kier alpha value is -3.35. The van der Waals surface area contributed by atoms with Gasteiger partial charge in [0.25, 0.3) is 0 Å². The number of ether oxygens (including phenoxy) is 2. The minimum atomic E-state index is -0.615. The number of rotatable bonds is 10. The molecule has 0 saturated carbocycles. The molecule has 0 fully saturated rings. The van der Waals surface area contributed by atoms with E-state index in [1.165, 1.54) is 5.56 Å². The van der Waals surface area contributed by atoms with Gasteiger partial charge in [0, 0.05) is 40.9 Å². The number of aromatic amines is 1. The Bertz CT molecular complexity index is 1180. The first kappa shape index (κ1) is 22.8. The molecule has 1 atom stereocenters. The molecule has 6 nitrogen and oxygen atoms in total. The molecule has 0 unspecified atom stereocenters. The molecule has 2 aromatic carbocycles. The second kappa shape index (κ2) is 10.1. The van der Waals surface area contributed by atoms with Crippen molar-refractivity contribution in [3.8, 4) is 17.4 Å². The number of hydrogen-bond acceptors (Lipinski definition) is 5. The number of nitrogens with one attached hydrogen (secondary N) is 2. The molecule has 33 heavy (non-hydrogen) atoms. The van der Waals surface area contributed by atoms with Crippen LogP contribution in [0.25, 0.3) is 10.9 Å². The summed E-state index contributed by atoms with van der Waals surface area (Å²) in [6.45, 7) is 6.90. The van der Waals surface area contributed by atoms with E-state index in [1.807, 2.05) is 61.7 Å². The first-order valence-corrected chi connectivity index (χ1v) is 11.2. The number of nitrogens with zero attached hydrogens (tertiary/aromatic N) is 1. The van der Waals surface area contributed by atoms with Crippen molar-refractivity contribution in [2.75, 3.05) is 13.2 Å². The zero-order valence-electron chi connectivity index (χ0n) is 19.3. The highest BCUT2D eigenvalue weighted by Gasteiger charge is 2.20. The molecular formula is C27H31N3O3. The summed E-state index contributed by atoms with van der Waals surface area (Å²) in [5.74, 6) is 2.16. The summed E-state index contributed by atoms with van der Waals surface area (Å²) in [5.41, 5.74) is 3.01. The molecule has 2 heterocycles. The number of hydrogen-bond donors (Lipinski definition) is 3. The average molecular weight is 446 g/mol. The number of aliphatic hydroxyl groups is 1. The van der Waals surface area contributed by atoms with E-state index in [-0.39, 0.29) is 12.1 Å². The second-order valence-corrected chi connectivity index (χ2v) is 8.97. The molecule has 0 saturated heterocycles. The van der Waals surface area contributed by atoms with Crippen LogP contribution in [0.15, 0.2) is 73.1 Å². The highest BCUT2D eigenvalue weighted by Crippen LogP contribution is 2.25. The molecule has 0 aliphatic rings. The van der Waals surface area contributed by atoms with Crippen LogP contribution in [-0.4, -0.2) is 39.9 Å². The lowest BCUT2D eigenvalue weighted by Gasteiger charge is -2.28. The Kier molecular flexibility index (Phi) is 6.96. The van der Waals surface area contributed by atoms with Crippen LogP contribution in [0.5, 0.6) is 17.4 Å². The second-order valence-electron chi connectivity index (χ2n) is 8.97. The van der Waals surface area contributed by atoms with Crippen LogP contribution in [0.1, 0.15) is 25.0 Å². The van der Waals surface area contributed by atoms with Crippen molar-refractivity contribution in [3.05, 3.63) is 84.2 Å². The van der Waals surface area contributed by atoms with Crippen molar-refractivity contribution in [1.82, 2.24) is 15.3 Å². The van der Waals surface area contributed by atoms with Gasteiger partial charge in [-0.15, -0.1) is 0 Å². The Morgan fingerprint density at radius 3 is 2.67 bits per heavy atom. The summed E-state index contributed by atoms with van der Waals surface area (Å²) in [5, 5.41) is 14.9. The van der Waals surface area contributed by atoms with E-state index >= 15 is 0 Å². The predicted octanol–water partition coefficient (Wildman–Crippen LogP) is 5.01. The molecule has 6 heteroatoms. The summed E-state index contributed by atoms with van der Waals surface area (Å²) in [6.07, 6.45) is 3.81. The van der Waals surface area contributed by atoms with Crippen molar-refractivity contribution in [3.63, 3.8) is 0 Å². The maximum atomic E-state index is 10.4. The predicted molar refractivity (Wildman–Crippen MR) is 131 cm³/mol. The smallest absolute Gasteiger partial charge is 0.222 e. The fraction of sp³-hybridized carbons (Fsp3) is 0.296. The summed E-state index contributed by atoms with van der Waals surface area (Å²) in [6, 6.07) is 19.8. The van der Waals surface area contributed by atoms with Gasteiger partial charge in [-0.05, 0) is 69.2 Å². The lowest BCUT2D eigenvalue weighted by molar-refractivity contribution is 0.0996. The molecule has 4 rings (SSSR count). The Morgan fingerprint density at radius 2 is 1.88 bits per heavy atom. The summed E-state index contributed by atoms with van der Waals surface area (Å²) in [7, 11) is 0. The lowest BCUT2D eigenvalue weighted by atomic mass is 9.94. The van der Waals surface area contributed by atoms with Crippen molar-refractivity contribution in [2.45, 2.75) is 38.8 Å². The van der Waals surface area contributed by atoms with Gasteiger partial charge in [-0.2, -0.15) is 0 Å². The van der Waals surface area contributed by atoms with Gasteiger partial charge >= 0.3 is 0 Å². The monoisotopic (exact) mass is 445 g/mol. The van der Waals surface area contributed by atoms with Gasteiger partial charge in [0.05, 0.1) is 0 Å². The number of β-amino-alcohol motifs (C(OH)–C–C–N with tert-alkyl or cyclic N) is 1. The highest BCUT2D eigenvalue weighted by molar-refractivity contribution is 5.85. The van der Waals surface area contributed by atoms with Crippen LogP contribution in [0.2, 0.25) is 0 Å². The number of aryl methyl sites for hydroxylation is 1. The van der Waals surface area contributed by atoms with Crippen LogP contribution in [-0.2, 0) is 6.42 Å². The molecule has 2 aromatic heterocycles. The minimum absolute atomic E-state index is 0.193. The summed E-state index contributed by atoms with van der Waals surface area (Å²) < 4.78 is 11.7. The summed E-state index contributed by atoms with van der Waals surface area (Å²) >= 11 is 0. The summed E-state index contributed by atoms with van der Waals surface area (Å²) in [4.78, 5) is 7.44. The molecule has 0 bridgehead atoms. The number of pyridine rings is 1. The van der Waals surface area contributed by atoms with Gasteiger partial charge < -0.3 is 24.9 Å². The molecular weight excluding hydrogens is 414 g/mol. The third-order valence-corrected chi connectivity index (χ3v) is 5.55. The Morgan fingerprint density at radius 1 is 1.06 bits per heavy atom.